The third kappa shape index (κ3) is 4.45. The van der Waals surface area contributed by atoms with E-state index in [1.54, 1.807) is 0 Å². The van der Waals surface area contributed by atoms with Gasteiger partial charge in [0.05, 0.1) is 0 Å². The molecular weight excluding hydrogens is 260 g/mol. The minimum Gasteiger partial charge on any atom is -0.353 e. The Hall–Kier alpha value is -0.570. The van der Waals surface area contributed by atoms with E-state index in [1.165, 1.54) is 19.3 Å². The fourth-order valence-corrected chi connectivity index (χ4v) is 4.01. The van der Waals surface area contributed by atoms with Crippen molar-refractivity contribution in [3.05, 3.63) is 0 Å². The zero-order valence-electron chi connectivity index (χ0n) is 14.2. The molecule has 2 aliphatic carbocycles. The van der Waals surface area contributed by atoms with Gasteiger partial charge in [-0.25, -0.2) is 0 Å². The summed E-state index contributed by atoms with van der Waals surface area (Å²) in [5, 5.41) is 3.31. The van der Waals surface area contributed by atoms with E-state index in [1.807, 2.05) is 0 Å². The van der Waals surface area contributed by atoms with Crippen LogP contribution >= 0.6 is 0 Å². The SMILES string of the molecule is CCC(C)(C)C1CCC(NC(=O)C2CCC(N)CC2)CC1. The largest absolute Gasteiger partial charge is 0.353 e. The molecule has 3 nitrogen and oxygen atoms in total. The van der Waals surface area contributed by atoms with Crippen LogP contribution < -0.4 is 11.1 Å². The van der Waals surface area contributed by atoms with Gasteiger partial charge in [-0.1, -0.05) is 27.2 Å². The molecule has 0 aliphatic heterocycles. The number of amides is 1. The average Bonchev–Trinajstić information content (AvgIpc) is 2.48. The Morgan fingerprint density at radius 2 is 1.62 bits per heavy atom. The fraction of sp³-hybridized carbons (Fsp3) is 0.944. The summed E-state index contributed by atoms with van der Waals surface area (Å²) in [5.74, 6) is 1.33. The van der Waals surface area contributed by atoms with Crippen LogP contribution in [0.3, 0.4) is 0 Å². The maximum atomic E-state index is 12.4. The first kappa shape index (κ1) is 16.8. The summed E-state index contributed by atoms with van der Waals surface area (Å²) in [6, 6.07) is 0.734. The summed E-state index contributed by atoms with van der Waals surface area (Å²) in [7, 11) is 0. The van der Waals surface area contributed by atoms with Crippen molar-refractivity contribution in [2.75, 3.05) is 0 Å². The van der Waals surface area contributed by atoms with Gasteiger partial charge >= 0.3 is 0 Å². The molecule has 122 valence electrons. The van der Waals surface area contributed by atoms with Gasteiger partial charge in [-0.15, -0.1) is 0 Å². The maximum Gasteiger partial charge on any atom is 0.223 e. The van der Waals surface area contributed by atoms with Crippen LogP contribution in [0.1, 0.15) is 78.6 Å². The Morgan fingerprint density at radius 1 is 1.05 bits per heavy atom. The average molecular weight is 294 g/mol. The molecule has 3 heteroatoms. The number of hydrogen-bond donors (Lipinski definition) is 2. The second-order valence-electron chi connectivity index (χ2n) is 8.01. The summed E-state index contributed by atoms with van der Waals surface area (Å²) in [6.45, 7) is 7.07. The minimum atomic E-state index is 0.217. The molecule has 0 unspecified atom stereocenters. The van der Waals surface area contributed by atoms with E-state index in [0.29, 0.717) is 23.4 Å². The molecule has 0 aromatic carbocycles. The first-order valence-corrected chi connectivity index (χ1v) is 8.98. The molecule has 2 saturated carbocycles. The van der Waals surface area contributed by atoms with Crippen LogP contribution in [-0.2, 0) is 4.79 Å². The summed E-state index contributed by atoms with van der Waals surface area (Å²) < 4.78 is 0. The topological polar surface area (TPSA) is 55.1 Å². The monoisotopic (exact) mass is 294 g/mol. The molecular formula is C18H34N2O. The third-order valence-corrected chi connectivity index (χ3v) is 6.23. The zero-order valence-corrected chi connectivity index (χ0v) is 14.2. The lowest BCUT2D eigenvalue weighted by Gasteiger charge is -2.39. The molecule has 0 spiro atoms. The molecule has 0 saturated heterocycles. The maximum absolute atomic E-state index is 12.4. The van der Waals surface area contributed by atoms with Crippen LogP contribution in [0.2, 0.25) is 0 Å². The summed E-state index contributed by atoms with van der Waals surface area (Å²) in [6.07, 6.45) is 10.1. The molecule has 0 heterocycles. The van der Waals surface area contributed by atoms with Gasteiger partial charge in [0.15, 0.2) is 0 Å². The van der Waals surface area contributed by atoms with Crippen molar-refractivity contribution in [2.45, 2.75) is 90.6 Å². The number of nitrogens with one attached hydrogen (secondary N) is 1. The van der Waals surface area contributed by atoms with Gasteiger partial charge in [0.25, 0.3) is 0 Å². The first-order valence-electron chi connectivity index (χ1n) is 8.98. The molecule has 2 rings (SSSR count). The summed E-state index contributed by atoms with van der Waals surface area (Å²) in [4.78, 5) is 12.4. The van der Waals surface area contributed by atoms with Crippen molar-refractivity contribution in [3.63, 3.8) is 0 Å². The lowest BCUT2D eigenvalue weighted by Crippen LogP contribution is -2.43. The van der Waals surface area contributed by atoms with Crippen molar-refractivity contribution < 1.29 is 4.79 Å². The third-order valence-electron chi connectivity index (χ3n) is 6.23. The van der Waals surface area contributed by atoms with Crippen molar-refractivity contribution in [1.29, 1.82) is 0 Å². The minimum absolute atomic E-state index is 0.217. The van der Waals surface area contributed by atoms with Gasteiger partial charge in [-0.2, -0.15) is 0 Å². The highest BCUT2D eigenvalue weighted by molar-refractivity contribution is 5.79. The Morgan fingerprint density at radius 3 is 2.14 bits per heavy atom. The predicted molar refractivity (Wildman–Crippen MR) is 87.9 cm³/mol. The van der Waals surface area contributed by atoms with Crippen LogP contribution in [0.4, 0.5) is 0 Å². The van der Waals surface area contributed by atoms with Gasteiger partial charge < -0.3 is 11.1 Å². The second-order valence-corrected chi connectivity index (χ2v) is 8.01. The summed E-state index contributed by atoms with van der Waals surface area (Å²) >= 11 is 0. The molecule has 1 amide bonds. The van der Waals surface area contributed by atoms with Gasteiger partial charge in [-0.05, 0) is 62.7 Å². The molecule has 2 fully saturated rings. The lowest BCUT2D eigenvalue weighted by atomic mass is 9.69. The van der Waals surface area contributed by atoms with Crippen molar-refractivity contribution in [2.24, 2.45) is 23.0 Å². The number of carbonyl (C=O) groups is 1. The quantitative estimate of drug-likeness (QED) is 0.832. The number of nitrogens with two attached hydrogens (primary N) is 1. The molecule has 0 aromatic rings. The molecule has 2 aliphatic rings. The highest BCUT2D eigenvalue weighted by Gasteiger charge is 2.33. The molecule has 21 heavy (non-hydrogen) atoms. The van der Waals surface area contributed by atoms with Crippen molar-refractivity contribution in [1.82, 2.24) is 5.32 Å². The van der Waals surface area contributed by atoms with E-state index in [9.17, 15) is 4.79 Å². The Bertz CT molecular complexity index is 337. The second kappa shape index (κ2) is 7.13. The van der Waals surface area contributed by atoms with E-state index in [-0.39, 0.29) is 5.92 Å². The van der Waals surface area contributed by atoms with Crippen LogP contribution in [-0.4, -0.2) is 18.0 Å². The highest BCUT2D eigenvalue weighted by atomic mass is 16.1. The highest BCUT2D eigenvalue weighted by Crippen LogP contribution is 2.40. The van der Waals surface area contributed by atoms with Crippen LogP contribution in [0.25, 0.3) is 0 Å². The van der Waals surface area contributed by atoms with E-state index in [0.717, 1.165) is 44.4 Å². The fourth-order valence-electron chi connectivity index (χ4n) is 4.01. The standard InChI is InChI=1S/C18H34N2O/c1-4-18(2,3)14-7-11-16(12-8-14)20-17(21)13-5-9-15(19)10-6-13/h13-16H,4-12,19H2,1-3H3,(H,20,21). The smallest absolute Gasteiger partial charge is 0.223 e. The number of hydrogen-bond acceptors (Lipinski definition) is 2. The van der Waals surface area contributed by atoms with Crippen molar-refractivity contribution >= 4 is 5.91 Å². The Balaban J connectivity index is 1.74. The molecule has 0 radical (unpaired) electrons. The van der Waals surface area contributed by atoms with E-state index >= 15 is 0 Å². The van der Waals surface area contributed by atoms with E-state index < -0.39 is 0 Å². The Labute approximate surface area is 130 Å². The van der Waals surface area contributed by atoms with Crippen molar-refractivity contribution in [3.8, 4) is 0 Å². The van der Waals surface area contributed by atoms with Gasteiger partial charge in [0.1, 0.15) is 0 Å². The number of rotatable bonds is 4. The first-order chi connectivity index (χ1) is 9.92. The van der Waals surface area contributed by atoms with E-state index in [2.05, 4.69) is 26.1 Å². The normalized spacial score (nSPS) is 34.5. The van der Waals surface area contributed by atoms with Gasteiger partial charge in [0.2, 0.25) is 5.91 Å². The molecule has 3 N–H and O–H groups in total. The Kier molecular flexibility index (Phi) is 5.70. The summed E-state index contributed by atoms with van der Waals surface area (Å²) in [5.41, 5.74) is 6.37. The van der Waals surface area contributed by atoms with Crippen LogP contribution in [0.15, 0.2) is 0 Å². The van der Waals surface area contributed by atoms with Gasteiger partial charge in [0, 0.05) is 18.0 Å². The van der Waals surface area contributed by atoms with Crippen LogP contribution in [0.5, 0.6) is 0 Å². The van der Waals surface area contributed by atoms with E-state index in [4.69, 9.17) is 5.73 Å². The van der Waals surface area contributed by atoms with Gasteiger partial charge in [-0.3, -0.25) is 4.79 Å². The molecule has 0 aromatic heterocycles. The number of carbonyl (C=O) groups excluding carboxylic acids is 1. The van der Waals surface area contributed by atoms with Crippen LogP contribution in [0, 0.1) is 17.3 Å². The molecule has 0 atom stereocenters. The molecule has 0 bridgehead atoms. The zero-order chi connectivity index (χ0) is 15.5. The predicted octanol–water partition coefficient (Wildman–Crippen LogP) is 3.62. The lowest BCUT2D eigenvalue weighted by molar-refractivity contribution is -0.127.